The number of aliphatic hydroxyl groups is 1. The van der Waals surface area contributed by atoms with E-state index < -0.39 is 11.5 Å². The van der Waals surface area contributed by atoms with E-state index in [1.54, 1.807) is 0 Å². The number of nitriles is 1. The largest absolute Gasteiger partial charge is 0.386 e. The third-order valence-corrected chi connectivity index (χ3v) is 5.86. The van der Waals surface area contributed by atoms with Crippen molar-refractivity contribution in [2.24, 2.45) is 11.3 Å². The number of aliphatic hydroxyl groups excluding tert-OH is 1. The van der Waals surface area contributed by atoms with Crippen LogP contribution in [0, 0.1) is 22.7 Å². The average Bonchev–Trinajstić information content (AvgIpc) is 2.84. The third-order valence-electron chi connectivity index (χ3n) is 4.18. The second-order valence-corrected chi connectivity index (χ2v) is 7.66. The molecule has 4 heteroatoms. The van der Waals surface area contributed by atoms with E-state index in [0.29, 0.717) is 0 Å². The Balaban J connectivity index is 2.16. The minimum Gasteiger partial charge on any atom is -0.386 e. The lowest BCUT2D eigenvalue weighted by Gasteiger charge is -2.37. The molecule has 1 fully saturated rings. The predicted octanol–water partition coefficient (Wildman–Crippen LogP) is 4.65. The molecule has 1 aliphatic carbocycles. The summed E-state index contributed by atoms with van der Waals surface area (Å²) in [6, 6.07) is 6.27. The predicted molar refractivity (Wildman–Crippen MR) is 77.3 cm³/mol. The van der Waals surface area contributed by atoms with Crippen LogP contribution in [0.25, 0.3) is 0 Å². The minimum absolute atomic E-state index is 0.573. The second kappa shape index (κ2) is 5.73. The van der Waals surface area contributed by atoms with E-state index >= 15 is 0 Å². The lowest BCUT2D eigenvalue weighted by molar-refractivity contribution is 0.0267. The molecule has 0 spiro atoms. The number of hydrogen-bond acceptors (Lipinski definition) is 3. The standard InChI is InChI=1S/C14H18BrNOS/c1-2-10-5-7-14(9-16,8-6-10)13(17)11-3-4-12(15)18-11/h3-4,10,13,17H,2,5-8H2,1H3. The second-order valence-electron chi connectivity index (χ2n) is 5.16. The van der Waals surface area contributed by atoms with Crippen molar-refractivity contribution in [2.75, 3.05) is 0 Å². The van der Waals surface area contributed by atoms with Gasteiger partial charge in [0.15, 0.2) is 0 Å². The van der Waals surface area contributed by atoms with Gasteiger partial charge >= 0.3 is 0 Å². The van der Waals surface area contributed by atoms with Crippen molar-refractivity contribution < 1.29 is 5.11 Å². The van der Waals surface area contributed by atoms with Crippen LogP contribution in [0.4, 0.5) is 0 Å². The lowest BCUT2D eigenvalue weighted by atomic mass is 9.67. The van der Waals surface area contributed by atoms with Gasteiger partial charge in [-0.25, -0.2) is 0 Å². The van der Waals surface area contributed by atoms with Crippen LogP contribution in [-0.2, 0) is 0 Å². The average molecular weight is 328 g/mol. The number of thiophene rings is 1. The van der Waals surface area contributed by atoms with Gasteiger partial charge in [-0.3, -0.25) is 0 Å². The van der Waals surface area contributed by atoms with Crippen molar-refractivity contribution in [1.82, 2.24) is 0 Å². The van der Waals surface area contributed by atoms with Crippen LogP contribution in [0.3, 0.4) is 0 Å². The van der Waals surface area contributed by atoms with Crippen molar-refractivity contribution in [2.45, 2.75) is 45.1 Å². The van der Waals surface area contributed by atoms with Crippen molar-refractivity contribution in [1.29, 1.82) is 5.26 Å². The molecule has 0 radical (unpaired) electrons. The molecule has 0 amide bonds. The zero-order chi connectivity index (χ0) is 13.2. The highest BCUT2D eigenvalue weighted by Gasteiger charge is 2.42. The summed E-state index contributed by atoms with van der Waals surface area (Å²) in [6.45, 7) is 2.21. The van der Waals surface area contributed by atoms with E-state index in [9.17, 15) is 10.4 Å². The molecular weight excluding hydrogens is 310 g/mol. The summed E-state index contributed by atoms with van der Waals surface area (Å²) in [5.74, 6) is 0.730. The van der Waals surface area contributed by atoms with Gasteiger partial charge in [-0.05, 0) is 59.7 Å². The van der Waals surface area contributed by atoms with Gasteiger partial charge in [0.05, 0.1) is 15.3 Å². The van der Waals surface area contributed by atoms with Crippen LogP contribution in [-0.4, -0.2) is 5.11 Å². The molecule has 0 aromatic carbocycles. The van der Waals surface area contributed by atoms with E-state index in [-0.39, 0.29) is 0 Å². The van der Waals surface area contributed by atoms with E-state index in [4.69, 9.17) is 0 Å². The summed E-state index contributed by atoms with van der Waals surface area (Å²) in [4.78, 5) is 0.901. The fraction of sp³-hybridized carbons (Fsp3) is 0.643. The first-order chi connectivity index (χ1) is 8.61. The van der Waals surface area contributed by atoms with Gasteiger partial charge in [-0.1, -0.05) is 13.3 Å². The van der Waals surface area contributed by atoms with E-state index in [1.807, 2.05) is 12.1 Å². The molecule has 98 valence electrons. The normalized spacial score (nSPS) is 29.8. The Labute approximate surface area is 121 Å². The summed E-state index contributed by atoms with van der Waals surface area (Å²) in [5.41, 5.74) is -0.573. The Kier molecular flexibility index (Phi) is 4.47. The van der Waals surface area contributed by atoms with Crippen molar-refractivity contribution in [3.8, 4) is 6.07 Å². The topological polar surface area (TPSA) is 44.0 Å². The molecular formula is C14H18BrNOS. The molecule has 1 aliphatic rings. The summed E-state index contributed by atoms with van der Waals surface area (Å²) in [5, 5.41) is 20.1. The highest BCUT2D eigenvalue weighted by atomic mass is 79.9. The van der Waals surface area contributed by atoms with Gasteiger partial charge < -0.3 is 5.11 Å². The summed E-state index contributed by atoms with van der Waals surface area (Å²) >= 11 is 4.93. The van der Waals surface area contributed by atoms with Gasteiger partial charge in [0, 0.05) is 4.88 Å². The van der Waals surface area contributed by atoms with Gasteiger partial charge in [0.1, 0.15) is 6.10 Å². The van der Waals surface area contributed by atoms with Crippen LogP contribution < -0.4 is 0 Å². The first-order valence-corrected chi connectivity index (χ1v) is 8.07. The van der Waals surface area contributed by atoms with Crippen LogP contribution >= 0.6 is 27.3 Å². The fourth-order valence-electron chi connectivity index (χ4n) is 2.79. The maximum Gasteiger partial charge on any atom is 0.107 e. The zero-order valence-corrected chi connectivity index (χ0v) is 12.9. The molecule has 18 heavy (non-hydrogen) atoms. The lowest BCUT2D eigenvalue weighted by Crippen LogP contribution is -2.32. The monoisotopic (exact) mass is 327 g/mol. The van der Waals surface area contributed by atoms with Crippen LogP contribution in [0.5, 0.6) is 0 Å². The van der Waals surface area contributed by atoms with E-state index in [0.717, 1.165) is 40.3 Å². The molecule has 1 aromatic rings. The van der Waals surface area contributed by atoms with Crippen LogP contribution in [0.2, 0.25) is 0 Å². The molecule has 0 aliphatic heterocycles. The number of nitrogens with zero attached hydrogens (tertiary/aromatic N) is 1. The zero-order valence-electron chi connectivity index (χ0n) is 10.5. The first kappa shape index (κ1) is 14.0. The summed E-state index contributed by atoms with van der Waals surface area (Å²) < 4.78 is 1.01. The Bertz CT molecular complexity index is 443. The summed E-state index contributed by atoms with van der Waals surface area (Å²) in [6.07, 6.45) is 4.30. The minimum atomic E-state index is -0.642. The van der Waals surface area contributed by atoms with Gasteiger partial charge in [-0.15, -0.1) is 11.3 Å². The maximum atomic E-state index is 10.5. The van der Waals surface area contributed by atoms with Crippen molar-refractivity contribution in [3.63, 3.8) is 0 Å². The Morgan fingerprint density at radius 1 is 1.56 bits per heavy atom. The quantitative estimate of drug-likeness (QED) is 0.877. The van der Waals surface area contributed by atoms with E-state index in [1.165, 1.54) is 17.8 Å². The molecule has 2 rings (SSSR count). The van der Waals surface area contributed by atoms with Gasteiger partial charge in [-0.2, -0.15) is 5.26 Å². The Hall–Kier alpha value is -0.370. The van der Waals surface area contributed by atoms with Crippen LogP contribution in [0.1, 0.15) is 50.0 Å². The third kappa shape index (κ3) is 2.64. The molecule has 0 bridgehead atoms. The molecule has 1 unspecified atom stereocenters. The molecule has 1 saturated carbocycles. The molecule has 2 nitrogen and oxygen atoms in total. The molecule has 0 saturated heterocycles. The number of hydrogen-bond donors (Lipinski definition) is 1. The molecule has 1 aromatic heterocycles. The maximum absolute atomic E-state index is 10.5. The fourth-order valence-corrected chi connectivity index (χ4v) is 4.32. The smallest absolute Gasteiger partial charge is 0.107 e. The van der Waals surface area contributed by atoms with Gasteiger partial charge in [0.25, 0.3) is 0 Å². The molecule has 1 atom stereocenters. The first-order valence-electron chi connectivity index (χ1n) is 6.46. The Morgan fingerprint density at radius 3 is 2.67 bits per heavy atom. The highest BCUT2D eigenvalue weighted by molar-refractivity contribution is 9.11. The molecule has 1 heterocycles. The van der Waals surface area contributed by atoms with Gasteiger partial charge in [0.2, 0.25) is 0 Å². The van der Waals surface area contributed by atoms with Crippen molar-refractivity contribution >= 4 is 27.3 Å². The number of halogens is 1. The van der Waals surface area contributed by atoms with Crippen LogP contribution in [0.15, 0.2) is 15.9 Å². The van der Waals surface area contributed by atoms with E-state index in [2.05, 4.69) is 28.9 Å². The molecule has 1 N–H and O–H groups in total. The SMILES string of the molecule is CCC1CCC(C#N)(C(O)c2ccc(Br)s2)CC1. The number of rotatable bonds is 3. The Morgan fingerprint density at radius 2 is 2.22 bits per heavy atom. The van der Waals surface area contributed by atoms with Crippen molar-refractivity contribution in [3.05, 3.63) is 20.8 Å². The summed E-state index contributed by atoms with van der Waals surface area (Å²) in [7, 11) is 0. The highest BCUT2D eigenvalue weighted by Crippen LogP contribution is 2.49.